The van der Waals surface area contributed by atoms with Crippen molar-refractivity contribution in [2.75, 3.05) is 26.2 Å². The molecule has 0 unspecified atom stereocenters. The molecule has 3 heterocycles. The normalized spacial score (nSPS) is 15.2. The zero-order chi connectivity index (χ0) is 18.6. The van der Waals surface area contributed by atoms with Crippen molar-refractivity contribution in [1.29, 1.82) is 0 Å². The maximum Gasteiger partial charge on any atom is 0.253 e. The Labute approximate surface area is 167 Å². The van der Waals surface area contributed by atoms with Crippen LogP contribution in [0.15, 0.2) is 41.8 Å². The molecule has 4 rings (SSSR count). The molecule has 1 fully saturated rings. The number of aromatic nitrogens is 2. The van der Waals surface area contributed by atoms with Gasteiger partial charge in [-0.25, -0.2) is 0 Å². The van der Waals surface area contributed by atoms with E-state index in [1.54, 1.807) is 0 Å². The Hall–Kier alpha value is -2.09. The van der Waals surface area contributed by atoms with E-state index in [9.17, 15) is 4.79 Å². The van der Waals surface area contributed by atoms with Gasteiger partial charge in [0, 0.05) is 59.0 Å². The van der Waals surface area contributed by atoms with E-state index >= 15 is 0 Å². The average molecular weight is 399 g/mol. The summed E-state index contributed by atoms with van der Waals surface area (Å²) >= 11 is 3.23. The summed E-state index contributed by atoms with van der Waals surface area (Å²) in [7, 11) is 0. The number of carbonyl (C=O) groups is 1. The third kappa shape index (κ3) is 4.26. The van der Waals surface area contributed by atoms with Crippen LogP contribution in [-0.4, -0.2) is 51.5 Å². The quantitative estimate of drug-likeness (QED) is 0.656. The third-order valence-electron chi connectivity index (χ3n) is 4.89. The Morgan fingerprint density at radius 3 is 2.41 bits per heavy atom. The monoisotopic (exact) mass is 398 g/mol. The first kappa shape index (κ1) is 18.3. The lowest BCUT2D eigenvalue weighted by Crippen LogP contribution is -2.48. The summed E-state index contributed by atoms with van der Waals surface area (Å²) in [4.78, 5) is 20.0. The Morgan fingerprint density at radius 2 is 1.78 bits per heavy atom. The van der Waals surface area contributed by atoms with E-state index in [1.807, 2.05) is 45.9 Å². The van der Waals surface area contributed by atoms with Crippen LogP contribution in [0.4, 0.5) is 0 Å². The van der Waals surface area contributed by atoms with Crippen LogP contribution in [-0.2, 0) is 13.0 Å². The summed E-state index contributed by atoms with van der Waals surface area (Å²) in [5.74, 6) is 0.113. The van der Waals surface area contributed by atoms with E-state index < -0.39 is 0 Å². The SMILES string of the molecule is CCc1ccc(CN2CCN(C(=O)c3ccc(-c4csnn4)cc3)CC2)s1. The lowest BCUT2D eigenvalue weighted by Gasteiger charge is -2.34. The van der Waals surface area contributed by atoms with Gasteiger partial charge in [-0.05, 0) is 42.2 Å². The molecule has 1 aliphatic rings. The maximum atomic E-state index is 12.8. The average Bonchev–Trinajstić information content (AvgIpc) is 3.40. The van der Waals surface area contributed by atoms with Gasteiger partial charge in [-0.3, -0.25) is 9.69 Å². The number of piperazine rings is 1. The number of thiophene rings is 1. The minimum Gasteiger partial charge on any atom is -0.336 e. The summed E-state index contributed by atoms with van der Waals surface area (Å²) in [5, 5.41) is 5.98. The molecule has 2 aromatic heterocycles. The lowest BCUT2D eigenvalue weighted by molar-refractivity contribution is 0.0629. The number of amides is 1. The molecule has 0 saturated carbocycles. The van der Waals surface area contributed by atoms with Crippen LogP contribution in [0, 0.1) is 0 Å². The van der Waals surface area contributed by atoms with Crippen LogP contribution in [0.3, 0.4) is 0 Å². The van der Waals surface area contributed by atoms with E-state index in [4.69, 9.17) is 0 Å². The smallest absolute Gasteiger partial charge is 0.253 e. The Balaban J connectivity index is 1.33. The number of hydrogen-bond donors (Lipinski definition) is 0. The summed E-state index contributed by atoms with van der Waals surface area (Å²) in [5.41, 5.74) is 2.58. The summed E-state index contributed by atoms with van der Waals surface area (Å²) < 4.78 is 3.89. The third-order valence-corrected chi connectivity index (χ3v) is 6.61. The molecular weight excluding hydrogens is 376 g/mol. The highest BCUT2D eigenvalue weighted by Crippen LogP contribution is 2.21. The summed E-state index contributed by atoms with van der Waals surface area (Å²) in [6, 6.07) is 12.1. The van der Waals surface area contributed by atoms with Crippen LogP contribution < -0.4 is 0 Å². The van der Waals surface area contributed by atoms with Gasteiger partial charge in [0.1, 0.15) is 5.69 Å². The lowest BCUT2D eigenvalue weighted by atomic mass is 10.1. The van der Waals surface area contributed by atoms with E-state index in [1.165, 1.54) is 21.3 Å². The van der Waals surface area contributed by atoms with Gasteiger partial charge in [-0.2, -0.15) is 0 Å². The van der Waals surface area contributed by atoms with Crippen molar-refractivity contribution < 1.29 is 4.79 Å². The van der Waals surface area contributed by atoms with Crippen molar-refractivity contribution in [3.8, 4) is 11.3 Å². The minimum absolute atomic E-state index is 0.113. The zero-order valence-corrected chi connectivity index (χ0v) is 16.9. The molecule has 7 heteroatoms. The molecule has 5 nitrogen and oxygen atoms in total. The molecule has 0 N–H and O–H groups in total. The van der Waals surface area contributed by atoms with Crippen LogP contribution >= 0.6 is 22.9 Å². The standard InChI is InChI=1S/C20H22N4OS2/c1-2-17-7-8-18(27-17)13-23-9-11-24(12-10-23)20(25)16-5-3-15(4-6-16)19-14-26-22-21-19/h3-8,14H,2,9-13H2,1H3. The largest absolute Gasteiger partial charge is 0.336 e. The zero-order valence-electron chi connectivity index (χ0n) is 15.3. The van der Waals surface area contributed by atoms with Gasteiger partial charge in [0.15, 0.2) is 0 Å². The van der Waals surface area contributed by atoms with Crippen molar-refractivity contribution in [1.82, 2.24) is 19.4 Å². The molecule has 0 atom stereocenters. The fourth-order valence-corrected chi connectivity index (χ4v) is 4.75. The molecule has 27 heavy (non-hydrogen) atoms. The summed E-state index contributed by atoms with van der Waals surface area (Å²) in [6.07, 6.45) is 1.10. The van der Waals surface area contributed by atoms with Gasteiger partial charge in [0.2, 0.25) is 0 Å². The van der Waals surface area contributed by atoms with Gasteiger partial charge in [-0.15, -0.1) is 16.4 Å². The first-order valence-corrected chi connectivity index (χ1v) is 10.8. The van der Waals surface area contributed by atoms with Crippen LogP contribution in [0.25, 0.3) is 11.3 Å². The number of rotatable bonds is 5. The molecule has 0 bridgehead atoms. The highest BCUT2D eigenvalue weighted by molar-refractivity contribution is 7.11. The minimum atomic E-state index is 0.113. The second-order valence-corrected chi connectivity index (χ2v) is 8.52. The molecule has 1 saturated heterocycles. The predicted octanol–water partition coefficient (Wildman–Crippen LogP) is 3.79. The second-order valence-electron chi connectivity index (χ2n) is 6.66. The number of hydrogen-bond acceptors (Lipinski definition) is 6. The molecule has 1 amide bonds. The number of aryl methyl sites for hydroxylation is 1. The van der Waals surface area contributed by atoms with Gasteiger partial charge >= 0.3 is 0 Å². The van der Waals surface area contributed by atoms with Crippen molar-refractivity contribution >= 4 is 28.8 Å². The first-order valence-electron chi connectivity index (χ1n) is 9.19. The van der Waals surface area contributed by atoms with Crippen LogP contribution in [0.2, 0.25) is 0 Å². The van der Waals surface area contributed by atoms with Crippen molar-refractivity contribution in [3.05, 3.63) is 57.1 Å². The Morgan fingerprint density at radius 1 is 1.04 bits per heavy atom. The number of nitrogens with zero attached hydrogens (tertiary/aromatic N) is 4. The van der Waals surface area contributed by atoms with Crippen molar-refractivity contribution in [2.45, 2.75) is 19.9 Å². The molecular formula is C20H22N4OS2. The van der Waals surface area contributed by atoms with E-state index in [0.717, 1.165) is 56.0 Å². The molecule has 1 aromatic carbocycles. The fourth-order valence-electron chi connectivity index (χ4n) is 3.28. The molecule has 1 aliphatic heterocycles. The van der Waals surface area contributed by atoms with Crippen LogP contribution in [0.5, 0.6) is 0 Å². The highest BCUT2D eigenvalue weighted by atomic mass is 32.1. The molecule has 0 radical (unpaired) electrons. The van der Waals surface area contributed by atoms with Gasteiger partial charge in [0.05, 0.1) is 0 Å². The van der Waals surface area contributed by atoms with E-state index in [-0.39, 0.29) is 5.91 Å². The van der Waals surface area contributed by atoms with E-state index in [0.29, 0.717) is 0 Å². The van der Waals surface area contributed by atoms with Gasteiger partial charge < -0.3 is 4.90 Å². The topological polar surface area (TPSA) is 49.3 Å². The van der Waals surface area contributed by atoms with Gasteiger partial charge in [0.25, 0.3) is 5.91 Å². The molecule has 0 spiro atoms. The predicted molar refractivity (Wildman–Crippen MR) is 110 cm³/mol. The fraction of sp³-hybridized carbons (Fsp3) is 0.350. The van der Waals surface area contributed by atoms with Crippen LogP contribution in [0.1, 0.15) is 27.0 Å². The number of benzene rings is 1. The highest BCUT2D eigenvalue weighted by Gasteiger charge is 2.22. The molecule has 3 aromatic rings. The first-order chi connectivity index (χ1) is 13.2. The van der Waals surface area contributed by atoms with Gasteiger partial charge in [-0.1, -0.05) is 23.5 Å². The summed E-state index contributed by atoms with van der Waals surface area (Å²) in [6.45, 7) is 6.59. The maximum absolute atomic E-state index is 12.8. The Bertz CT molecular complexity index is 881. The molecule has 140 valence electrons. The van der Waals surface area contributed by atoms with Crippen molar-refractivity contribution in [2.24, 2.45) is 0 Å². The molecule has 0 aliphatic carbocycles. The number of carbonyl (C=O) groups excluding carboxylic acids is 1. The Kier molecular flexibility index (Phi) is 5.61. The second kappa shape index (κ2) is 8.29. The van der Waals surface area contributed by atoms with Crippen molar-refractivity contribution in [3.63, 3.8) is 0 Å². The van der Waals surface area contributed by atoms with E-state index in [2.05, 4.69) is 33.5 Å².